The number of rotatable bonds is 0. The Morgan fingerprint density at radius 3 is 2.93 bits per heavy atom. The number of nitrogens with one attached hydrogen (secondary N) is 1. The number of fused-ring (bicyclic) bond motifs is 1. The number of hydrogen-bond donors (Lipinski definition) is 1. The number of halogens is 2. The Bertz CT molecular complexity index is 393. The van der Waals surface area contributed by atoms with Crippen LogP contribution in [0, 0.1) is 11.6 Å². The standard InChI is InChI=1S/C9H7F2NO2/c10-5-3-6(11)9-7(4-5)12-8(13)1-2-14-9/h3-4H,1-2H2,(H,12,13). The maximum absolute atomic E-state index is 13.1. The molecular formula is C9H7F2NO2. The van der Waals surface area contributed by atoms with Crippen molar-refractivity contribution in [1.82, 2.24) is 0 Å². The number of anilines is 1. The first-order valence-corrected chi connectivity index (χ1v) is 4.08. The summed E-state index contributed by atoms with van der Waals surface area (Å²) in [7, 11) is 0. The Hall–Kier alpha value is -1.65. The monoisotopic (exact) mass is 199 g/mol. The van der Waals surface area contributed by atoms with E-state index in [0.29, 0.717) is 0 Å². The van der Waals surface area contributed by atoms with Gasteiger partial charge < -0.3 is 10.1 Å². The number of carbonyl (C=O) groups excluding carboxylic acids is 1. The highest BCUT2D eigenvalue weighted by Gasteiger charge is 2.18. The van der Waals surface area contributed by atoms with Gasteiger partial charge in [0.1, 0.15) is 5.82 Å². The second-order valence-corrected chi connectivity index (χ2v) is 2.91. The Balaban J connectivity index is 2.50. The lowest BCUT2D eigenvalue weighted by molar-refractivity contribution is -0.116. The first-order valence-electron chi connectivity index (χ1n) is 4.08. The number of carbonyl (C=O) groups is 1. The van der Waals surface area contributed by atoms with Crippen molar-refractivity contribution in [2.24, 2.45) is 0 Å². The molecule has 0 aliphatic carbocycles. The highest BCUT2D eigenvalue weighted by molar-refractivity contribution is 5.93. The lowest BCUT2D eigenvalue weighted by Gasteiger charge is -2.07. The number of hydrogen-bond acceptors (Lipinski definition) is 2. The van der Waals surface area contributed by atoms with E-state index in [4.69, 9.17) is 4.74 Å². The van der Waals surface area contributed by atoms with Crippen LogP contribution in [-0.2, 0) is 4.79 Å². The molecule has 1 N–H and O–H groups in total. The molecule has 1 aromatic rings. The van der Waals surface area contributed by atoms with Crippen molar-refractivity contribution in [2.45, 2.75) is 6.42 Å². The van der Waals surface area contributed by atoms with Crippen molar-refractivity contribution < 1.29 is 18.3 Å². The Morgan fingerprint density at radius 1 is 1.36 bits per heavy atom. The van der Waals surface area contributed by atoms with Crippen LogP contribution in [0.25, 0.3) is 0 Å². The van der Waals surface area contributed by atoms with Gasteiger partial charge in [0.25, 0.3) is 0 Å². The minimum atomic E-state index is -0.804. The summed E-state index contributed by atoms with van der Waals surface area (Å²) >= 11 is 0. The summed E-state index contributed by atoms with van der Waals surface area (Å²) in [6.07, 6.45) is 0.135. The van der Waals surface area contributed by atoms with Crippen LogP contribution in [0.3, 0.4) is 0 Å². The molecule has 0 radical (unpaired) electrons. The van der Waals surface area contributed by atoms with Crippen LogP contribution < -0.4 is 10.1 Å². The van der Waals surface area contributed by atoms with Crippen LogP contribution in [-0.4, -0.2) is 12.5 Å². The van der Waals surface area contributed by atoms with Crippen molar-refractivity contribution in [1.29, 1.82) is 0 Å². The second kappa shape index (κ2) is 3.25. The smallest absolute Gasteiger partial charge is 0.227 e. The van der Waals surface area contributed by atoms with Crippen molar-refractivity contribution in [3.05, 3.63) is 23.8 Å². The zero-order valence-electron chi connectivity index (χ0n) is 7.14. The quantitative estimate of drug-likeness (QED) is 0.690. The first kappa shape index (κ1) is 8.93. The van der Waals surface area contributed by atoms with Gasteiger partial charge in [-0.15, -0.1) is 0 Å². The SMILES string of the molecule is O=C1CCOc2c(F)cc(F)cc2N1. The predicted octanol–water partition coefficient (Wildman–Crippen LogP) is 1.69. The van der Waals surface area contributed by atoms with E-state index in [1.54, 1.807) is 0 Å². The van der Waals surface area contributed by atoms with Crippen LogP contribution in [0.15, 0.2) is 12.1 Å². The van der Waals surface area contributed by atoms with Crippen molar-refractivity contribution >= 4 is 11.6 Å². The van der Waals surface area contributed by atoms with Gasteiger partial charge in [-0.2, -0.15) is 0 Å². The summed E-state index contributed by atoms with van der Waals surface area (Å²) in [6, 6.07) is 1.75. The lowest BCUT2D eigenvalue weighted by atomic mass is 10.2. The molecule has 14 heavy (non-hydrogen) atoms. The van der Waals surface area contributed by atoms with Crippen LogP contribution in [0.5, 0.6) is 5.75 Å². The summed E-state index contributed by atoms with van der Waals surface area (Å²) in [4.78, 5) is 11.0. The van der Waals surface area contributed by atoms with E-state index >= 15 is 0 Å². The number of benzene rings is 1. The molecule has 0 spiro atoms. The molecule has 1 aliphatic rings. The summed E-state index contributed by atoms with van der Waals surface area (Å²) in [5.74, 6) is -1.96. The molecule has 74 valence electrons. The van der Waals surface area contributed by atoms with Gasteiger partial charge in [-0.1, -0.05) is 0 Å². The minimum Gasteiger partial charge on any atom is -0.488 e. The Labute approximate surface area is 78.7 Å². The average Bonchev–Trinajstić information content (AvgIpc) is 2.25. The maximum atomic E-state index is 13.1. The second-order valence-electron chi connectivity index (χ2n) is 2.91. The minimum absolute atomic E-state index is 0.0463. The highest BCUT2D eigenvalue weighted by Crippen LogP contribution is 2.30. The normalized spacial score (nSPS) is 15.1. The van der Waals surface area contributed by atoms with E-state index in [0.717, 1.165) is 12.1 Å². The van der Waals surface area contributed by atoms with E-state index in [1.807, 2.05) is 0 Å². The molecule has 0 aromatic heterocycles. The summed E-state index contributed by atoms with van der Waals surface area (Å²) in [5, 5.41) is 2.36. The topological polar surface area (TPSA) is 38.3 Å². The average molecular weight is 199 g/mol. The fourth-order valence-corrected chi connectivity index (χ4v) is 1.26. The van der Waals surface area contributed by atoms with E-state index < -0.39 is 11.6 Å². The van der Waals surface area contributed by atoms with E-state index in [9.17, 15) is 13.6 Å². The molecule has 1 aromatic carbocycles. The summed E-state index contributed by atoms with van der Waals surface area (Å²) < 4.78 is 30.9. The van der Waals surface area contributed by atoms with Crippen LogP contribution in [0.2, 0.25) is 0 Å². The zero-order chi connectivity index (χ0) is 10.1. The number of amides is 1. The lowest BCUT2D eigenvalue weighted by Crippen LogP contribution is -2.10. The largest absolute Gasteiger partial charge is 0.488 e. The fourth-order valence-electron chi connectivity index (χ4n) is 1.26. The van der Waals surface area contributed by atoms with Crippen molar-refractivity contribution in [2.75, 3.05) is 11.9 Å². The molecule has 0 fully saturated rings. The molecule has 0 atom stereocenters. The molecule has 1 aliphatic heterocycles. The van der Waals surface area contributed by atoms with Crippen LogP contribution >= 0.6 is 0 Å². The molecule has 1 amide bonds. The fraction of sp³-hybridized carbons (Fsp3) is 0.222. The third-order valence-corrected chi connectivity index (χ3v) is 1.86. The Kier molecular flexibility index (Phi) is 2.07. The molecular weight excluding hydrogens is 192 g/mol. The molecule has 0 saturated heterocycles. The molecule has 5 heteroatoms. The molecule has 0 unspecified atom stereocenters. The zero-order valence-corrected chi connectivity index (χ0v) is 7.14. The molecule has 0 bridgehead atoms. The van der Waals surface area contributed by atoms with E-state index in [1.165, 1.54) is 0 Å². The Morgan fingerprint density at radius 2 is 2.14 bits per heavy atom. The molecule has 0 saturated carbocycles. The van der Waals surface area contributed by atoms with Gasteiger partial charge in [0.2, 0.25) is 5.91 Å². The van der Waals surface area contributed by atoms with Gasteiger partial charge in [-0.3, -0.25) is 4.79 Å². The van der Waals surface area contributed by atoms with Gasteiger partial charge in [0, 0.05) is 12.1 Å². The van der Waals surface area contributed by atoms with Crippen molar-refractivity contribution in [3.8, 4) is 5.75 Å². The highest BCUT2D eigenvalue weighted by atomic mass is 19.1. The molecule has 1 heterocycles. The molecule has 2 rings (SSSR count). The van der Waals surface area contributed by atoms with Gasteiger partial charge >= 0.3 is 0 Å². The first-order chi connectivity index (χ1) is 6.66. The van der Waals surface area contributed by atoms with Gasteiger partial charge in [-0.25, -0.2) is 8.78 Å². The third-order valence-electron chi connectivity index (χ3n) is 1.86. The summed E-state index contributed by atoms with van der Waals surface area (Å²) in [6.45, 7) is 0.0986. The van der Waals surface area contributed by atoms with Crippen LogP contribution in [0.1, 0.15) is 6.42 Å². The third kappa shape index (κ3) is 1.53. The van der Waals surface area contributed by atoms with Gasteiger partial charge in [0.05, 0.1) is 18.7 Å². The summed E-state index contributed by atoms with van der Waals surface area (Å²) in [5.41, 5.74) is 0.0463. The number of ether oxygens (including phenoxy) is 1. The van der Waals surface area contributed by atoms with Gasteiger partial charge in [-0.05, 0) is 0 Å². The van der Waals surface area contributed by atoms with E-state index in [2.05, 4.69) is 5.32 Å². The van der Waals surface area contributed by atoms with E-state index in [-0.39, 0.29) is 30.4 Å². The molecule has 3 nitrogen and oxygen atoms in total. The predicted molar refractivity (Wildman–Crippen MR) is 45.1 cm³/mol. The van der Waals surface area contributed by atoms with Gasteiger partial charge in [0.15, 0.2) is 11.6 Å². The van der Waals surface area contributed by atoms with Crippen LogP contribution in [0.4, 0.5) is 14.5 Å². The maximum Gasteiger partial charge on any atom is 0.227 e. The van der Waals surface area contributed by atoms with Crippen molar-refractivity contribution in [3.63, 3.8) is 0 Å².